The Kier molecular flexibility index (Phi) is 58.7. The number of carbonyl (C=O) groups excluding carboxylic acids is 2. The molecule has 1 N–H and O–H groups in total. The van der Waals surface area contributed by atoms with E-state index in [1.807, 2.05) is 33.3 Å². The van der Waals surface area contributed by atoms with Gasteiger partial charge in [0, 0.05) is 12.8 Å². The van der Waals surface area contributed by atoms with Gasteiger partial charge in [0.2, 0.25) is 5.91 Å². The summed E-state index contributed by atoms with van der Waals surface area (Å²) in [5.74, 6) is -0.547. The van der Waals surface area contributed by atoms with Gasteiger partial charge in [-0.1, -0.05) is 274 Å². The molecule has 0 saturated carbocycles. The van der Waals surface area contributed by atoms with Crippen molar-refractivity contribution in [1.29, 1.82) is 0 Å². The molecule has 10 heteroatoms. The van der Waals surface area contributed by atoms with Gasteiger partial charge in [0.15, 0.2) is 0 Å². The zero-order valence-corrected chi connectivity index (χ0v) is 54.9. The van der Waals surface area contributed by atoms with E-state index in [0.29, 0.717) is 17.4 Å². The van der Waals surface area contributed by atoms with Crippen LogP contribution in [0.3, 0.4) is 0 Å². The number of hydrogen-bond acceptors (Lipinski definition) is 7. The van der Waals surface area contributed by atoms with Gasteiger partial charge in [-0.2, -0.15) is 0 Å². The van der Waals surface area contributed by atoms with Crippen LogP contribution in [0.4, 0.5) is 0 Å². The Hall–Kier alpha value is -2.55. The normalized spacial score (nSPS) is 14.0. The summed E-state index contributed by atoms with van der Waals surface area (Å²) >= 11 is 0. The predicted octanol–water partition coefficient (Wildman–Crippen LogP) is 20.9. The van der Waals surface area contributed by atoms with Crippen LogP contribution in [-0.2, 0) is 27.9 Å². The zero-order valence-electron chi connectivity index (χ0n) is 54.0. The van der Waals surface area contributed by atoms with E-state index in [-0.39, 0.29) is 24.9 Å². The number of quaternary nitrogens is 1. The van der Waals surface area contributed by atoms with E-state index in [1.165, 1.54) is 186 Å². The molecule has 9 nitrogen and oxygen atoms in total. The van der Waals surface area contributed by atoms with Gasteiger partial charge in [-0.05, 0) is 102 Å². The van der Waals surface area contributed by atoms with Crippen LogP contribution < -0.4 is 10.2 Å². The minimum Gasteiger partial charge on any atom is -0.756 e. The SMILES string of the molecule is CCCCC/C=C\C/C=C\C/C=C\C/C=C\CCCCCCCCCCCCCC(=O)OC(/C=C\CCCCCCCCCCCC)C(COP(=O)([O-])OCC[N+](C)(C)C)NC(=O)CCCCCCC/C=C/CCCCCCCCC. The van der Waals surface area contributed by atoms with Crippen LogP contribution in [0.2, 0.25) is 0 Å². The van der Waals surface area contributed by atoms with E-state index in [9.17, 15) is 19.0 Å². The van der Waals surface area contributed by atoms with Crippen LogP contribution in [0.1, 0.15) is 316 Å². The molecule has 0 radical (unpaired) electrons. The lowest BCUT2D eigenvalue weighted by Gasteiger charge is -2.30. The molecule has 472 valence electrons. The van der Waals surface area contributed by atoms with Crippen molar-refractivity contribution in [1.82, 2.24) is 5.32 Å². The first-order valence-corrected chi connectivity index (χ1v) is 35.7. The molecule has 0 aliphatic heterocycles. The summed E-state index contributed by atoms with van der Waals surface area (Å²) in [5, 5.41) is 3.03. The number of nitrogens with zero attached hydrogens (tertiary/aromatic N) is 1. The highest BCUT2D eigenvalue weighted by molar-refractivity contribution is 7.45. The van der Waals surface area contributed by atoms with Crippen LogP contribution in [0, 0.1) is 0 Å². The molecule has 3 atom stereocenters. The molecule has 0 aromatic carbocycles. The lowest BCUT2D eigenvalue weighted by atomic mass is 10.0. The lowest BCUT2D eigenvalue weighted by Crippen LogP contribution is -2.47. The van der Waals surface area contributed by atoms with Gasteiger partial charge in [0.05, 0.1) is 33.8 Å². The zero-order chi connectivity index (χ0) is 59.3. The third-order valence-electron chi connectivity index (χ3n) is 15.1. The summed E-state index contributed by atoms with van der Waals surface area (Å²) in [4.78, 5) is 40.1. The molecule has 0 bridgehead atoms. The van der Waals surface area contributed by atoms with Crippen molar-refractivity contribution in [3.05, 3.63) is 72.9 Å². The number of ether oxygens (including phenoxy) is 1. The number of carbonyl (C=O) groups is 2. The minimum atomic E-state index is -4.71. The van der Waals surface area contributed by atoms with Crippen molar-refractivity contribution in [3.8, 4) is 0 Å². The van der Waals surface area contributed by atoms with E-state index in [1.54, 1.807) is 0 Å². The lowest BCUT2D eigenvalue weighted by molar-refractivity contribution is -0.870. The van der Waals surface area contributed by atoms with Gasteiger partial charge >= 0.3 is 5.97 Å². The molecule has 81 heavy (non-hydrogen) atoms. The summed E-state index contributed by atoms with van der Waals surface area (Å²) in [7, 11) is 1.18. The average molecular weight is 1160 g/mol. The molecule has 0 spiro atoms. The van der Waals surface area contributed by atoms with E-state index >= 15 is 0 Å². The fraction of sp³-hybridized carbons (Fsp3) is 0.803. The van der Waals surface area contributed by atoms with E-state index in [4.69, 9.17) is 13.8 Å². The molecule has 0 heterocycles. The van der Waals surface area contributed by atoms with Gasteiger partial charge in [-0.25, -0.2) is 0 Å². The maximum atomic E-state index is 13.5. The Balaban J connectivity index is 5.07. The molecule has 0 aromatic rings. The molecule has 0 fully saturated rings. The molecular weight excluding hydrogens is 1020 g/mol. The standard InChI is InChI=1S/C71H131N2O7P/c1-7-10-13-16-19-22-25-28-30-32-33-34-35-36-37-38-39-40-41-42-44-46-49-52-55-58-61-64-71(75)80-69(62-59-56-53-50-47-27-24-21-18-15-12-9-3)68(67-79-81(76,77)78-66-65-73(4,5)6)72-70(74)63-60-57-54-51-48-45-43-31-29-26-23-20-17-14-11-8-2/h19,22,28,30-31,33-34,36-37,43,59,62,68-69H,7-18,20-21,23-27,29,32,35,38-42,44-58,60-61,63-67H2,1-6H3,(H-,72,74,76,77)/b22-19-,30-28-,34-33-,37-36-,43-31+,62-59-. The van der Waals surface area contributed by atoms with Crippen LogP contribution >= 0.6 is 7.82 Å². The fourth-order valence-corrected chi connectivity index (χ4v) is 10.5. The van der Waals surface area contributed by atoms with Crippen molar-refractivity contribution in [2.75, 3.05) is 40.9 Å². The number of phosphoric ester groups is 1. The molecular formula is C71H131N2O7P. The fourth-order valence-electron chi connectivity index (χ4n) is 9.80. The van der Waals surface area contributed by atoms with Crippen molar-refractivity contribution in [2.45, 2.75) is 328 Å². The Morgan fingerprint density at radius 2 is 0.753 bits per heavy atom. The van der Waals surface area contributed by atoms with E-state index in [0.717, 1.165) is 96.3 Å². The number of esters is 1. The van der Waals surface area contributed by atoms with Gasteiger partial charge in [-0.15, -0.1) is 0 Å². The highest BCUT2D eigenvalue weighted by Gasteiger charge is 2.27. The van der Waals surface area contributed by atoms with Crippen LogP contribution in [0.25, 0.3) is 0 Å². The summed E-state index contributed by atoms with van der Waals surface area (Å²) in [6, 6.07) is -0.896. The van der Waals surface area contributed by atoms with Crippen molar-refractivity contribution in [3.63, 3.8) is 0 Å². The Labute approximate surface area is 502 Å². The average Bonchev–Trinajstić information content (AvgIpc) is 3.44. The van der Waals surface area contributed by atoms with E-state index in [2.05, 4.69) is 86.8 Å². The quantitative estimate of drug-likeness (QED) is 0.0212. The van der Waals surface area contributed by atoms with Crippen molar-refractivity contribution >= 4 is 19.7 Å². The number of rotatable bonds is 62. The Morgan fingerprint density at radius 3 is 1.16 bits per heavy atom. The second-order valence-corrected chi connectivity index (χ2v) is 25.7. The first-order chi connectivity index (χ1) is 39.4. The smallest absolute Gasteiger partial charge is 0.306 e. The number of allylic oxidation sites excluding steroid dienone is 11. The largest absolute Gasteiger partial charge is 0.756 e. The topological polar surface area (TPSA) is 114 Å². The first-order valence-electron chi connectivity index (χ1n) is 34.2. The van der Waals surface area contributed by atoms with Crippen LogP contribution in [0.15, 0.2) is 72.9 Å². The van der Waals surface area contributed by atoms with Gasteiger partial charge in [0.25, 0.3) is 7.82 Å². The highest BCUT2D eigenvalue weighted by Crippen LogP contribution is 2.38. The summed E-state index contributed by atoms with van der Waals surface area (Å²) in [6.07, 6.45) is 78.7. The third kappa shape index (κ3) is 61.8. The predicted molar refractivity (Wildman–Crippen MR) is 348 cm³/mol. The molecule has 0 aliphatic carbocycles. The maximum Gasteiger partial charge on any atom is 0.306 e. The first kappa shape index (κ1) is 78.5. The summed E-state index contributed by atoms with van der Waals surface area (Å²) < 4.78 is 30.4. The molecule has 0 aliphatic rings. The van der Waals surface area contributed by atoms with Crippen LogP contribution in [0.5, 0.6) is 0 Å². The number of hydrogen-bond donors (Lipinski definition) is 1. The molecule has 1 amide bonds. The highest BCUT2D eigenvalue weighted by atomic mass is 31.2. The molecule has 0 rings (SSSR count). The number of amides is 1. The third-order valence-corrected chi connectivity index (χ3v) is 16.1. The van der Waals surface area contributed by atoms with E-state index < -0.39 is 26.6 Å². The van der Waals surface area contributed by atoms with Crippen molar-refractivity contribution < 1.29 is 37.3 Å². The van der Waals surface area contributed by atoms with Crippen LogP contribution in [-0.4, -0.2) is 69.4 Å². The Bertz CT molecular complexity index is 1620. The Morgan fingerprint density at radius 1 is 0.432 bits per heavy atom. The summed E-state index contributed by atoms with van der Waals surface area (Å²) in [6.45, 7) is 6.83. The van der Waals surface area contributed by atoms with Gasteiger partial charge in [0.1, 0.15) is 19.3 Å². The number of likely N-dealkylation sites (N-methyl/N-ethyl adjacent to an activating group) is 1. The maximum absolute atomic E-state index is 13.5. The molecule has 0 aromatic heterocycles. The number of phosphoric acid groups is 1. The molecule has 3 unspecified atom stereocenters. The molecule has 0 saturated heterocycles. The van der Waals surface area contributed by atoms with Gasteiger partial charge < -0.3 is 28.5 Å². The summed E-state index contributed by atoms with van der Waals surface area (Å²) in [5.41, 5.74) is 0. The number of unbranched alkanes of at least 4 members (excludes halogenated alkanes) is 36. The second kappa shape index (κ2) is 60.6. The monoisotopic (exact) mass is 1150 g/mol. The number of nitrogens with one attached hydrogen (secondary N) is 1. The van der Waals surface area contributed by atoms with Gasteiger partial charge in [-0.3, -0.25) is 14.2 Å². The minimum absolute atomic E-state index is 0.0255. The van der Waals surface area contributed by atoms with Crippen molar-refractivity contribution in [2.24, 2.45) is 0 Å². The second-order valence-electron chi connectivity index (χ2n) is 24.3.